The van der Waals surface area contributed by atoms with E-state index < -0.39 is 41.6 Å². The van der Waals surface area contributed by atoms with Crippen molar-refractivity contribution in [1.82, 2.24) is 20.9 Å². The number of ketones is 1. The summed E-state index contributed by atoms with van der Waals surface area (Å²) in [5.74, 6) is -1.29. The van der Waals surface area contributed by atoms with Crippen LogP contribution in [0.25, 0.3) is 10.9 Å². The lowest BCUT2D eigenvalue weighted by molar-refractivity contribution is -0.133. The zero-order chi connectivity index (χ0) is 31.8. The van der Waals surface area contributed by atoms with Crippen LogP contribution in [0.2, 0.25) is 0 Å². The Morgan fingerprint density at radius 3 is 2.07 bits per heavy atom. The number of aromatic amines is 1. The lowest BCUT2D eigenvalue weighted by Crippen LogP contribution is -2.57. The van der Waals surface area contributed by atoms with Crippen molar-refractivity contribution in [2.24, 2.45) is 0 Å². The Hall–Kier alpha value is -4.96. The van der Waals surface area contributed by atoms with Gasteiger partial charge in [-0.1, -0.05) is 85.8 Å². The van der Waals surface area contributed by atoms with Crippen LogP contribution in [0.1, 0.15) is 37.0 Å². The summed E-state index contributed by atoms with van der Waals surface area (Å²) in [6, 6.07) is 23.4. The topological polar surface area (TPSA) is 142 Å². The van der Waals surface area contributed by atoms with Crippen molar-refractivity contribution in [2.45, 2.75) is 63.4 Å². The zero-order valence-electron chi connectivity index (χ0n) is 25.4. The molecule has 1 aliphatic rings. The second-order valence-corrected chi connectivity index (χ2v) is 11.4. The first kappa shape index (κ1) is 31.5. The van der Waals surface area contributed by atoms with Crippen molar-refractivity contribution >= 4 is 34.6 Å². The number of carbonyl (C=O) groups is 4. The number of benzene rings is 3. The Labute approximate surface area is 261 Å². The second kappa shape index (κ2) is 14.2. The molecule has 1 aliphatic heterocycles. The van der Waals surface area contributed by atoms with E-state index in [4.69, 9.17) is 9.47 Å². The zero-order valence-corrected chi connectivity index (χ0v) is 25.4. The van der Waals surface area contributed by atoms with Crippen LogP contribution in [-0.2, 0) is 43.3 Å². The molecular formula is C35H38N4O6. The van der Waals surface area contributed by atoms with Gasteiger partial charge in [0, 0.05) is 23.5 Å². The van der Waals surface area contributed by atoms with Crippen LogP contribution in [0.4, 0.5) is 4.79 Å². The van der Waals surface area contributed by atoms with Crippen LogP contribution in [0.15, 0.2) is 91.1 Å². The molecule has 5 rings (SSSR count). The van der Waals surface area contributed by atoms with Crippen LogP contribution in [-0.4, -0.2) is 59.0 Å². The van der Waals surface area contributed by atoms with Crippen LogP contribution >= 0.6 is 0 Å². The summed E-state index contributed by atoms with van der Waals surface area (Å²) in [5.41, 5.74) is 2.44. The molecule has 0 unspecified atom stereocenters. The maximum Gasteiger partial charge on any atom is 0.408 e. The third kappa shape index (κ3) is 8.16. The van der Waals surface area contributed by atoms with E-state index in [2.05, 4.69) is 20.9 Å². The van der Waals surface area contributed by atoms with Gasteiger partial charge < -0.3 is 30.4 Å². The number of hydrogen-bond donors (Lipinski definition) is 4. The van der Waals surface area contributed by atoms with E-state index in [0.717, 1.165) is 27.6 Å². The third-order valence-electron chi connectivity index (χ3n) is 7.98. The van der Waals surface area contributed by atoms with Gasteiger partial charge >= 0.3 is 6.09 Å². The summed E-state index contributed by atoms with van der Waals surface area (Å²) in [7, 11) is 0. The molecule has 3 aromatic carbocycles. The highest BCUT2D eigenvalue weighted by atomic mass is 16.6. The Morgan fingerprint density at radius 1 is 0.800 bits per heavy atom. The fourth-order valence-electron chi connectivity index (χ4n) is 5.21. The van der Waals surface area contributed by atoms with E-state index in [9.17, 15) is 19.2 Å². The molecule has 1 saturated heterocycles. The molecule has 1 aromatic heterocycles. The number of para-hydroxylation sites is 1. The Balaban J connectivity index is 1.33. The first-order valence-corrected chi connectivity index (χ1v) is 15.1. The van der Waals surface area contributed by atoms with Gasteiger partial charge in [0.1, 0.15) is 24.3 Å². The predicted molar refractivity (Wildman–Crippen MR) is 169 cm³/mol. The quantitative estimate of drug-likeness (QED) is 0.159. The number of hydrogen-bond acceptors (Lipinski definition) is 6. The first-order valence-electron chi connectivity index (χ1n) is 15.1. The summed E-state index contributed by atoms with van der Waals surface area (Å²) in [5, 5.41) is 9.26. The number of Topliss-reactive ketones (excluding diaryl/α,β-unsaturated/α-hetero) is 1. The van der Waals surface area contributed by atoms with Crippen LogP contribution < -0.4 is 16.0 Å². The molecule has 10 nitrogen and oxygen atoms in total. The normalized spacial score (nSPS) is 17.5. The van der Waals surface area contributed by atoms with Crippen molar-refractivity contribution in [2.75, 3.05) is 6.61 Å². The highest BCUT2D eigenvalue weighted by Gasteiger charge is 2.50. The van der Waals surface area contributed by atoms with Gasteiger partial charge in [-0.3, -0.25) is 14.4 Å². The van der Waals surface area contributed by atoms with Crippen molar-refractivity contribution in [3.05, 3.63) is 108 Å². The van der Waals surface area contributed by atoms with Gasteiger partial charge in [-0.15, -0.1) is 0 Å². The Bertz CT molecular complexity index is 1630. The second-order valence-electron chi connectivity index (χ2n) is 11.4. The summed E-state index contributed by atoms with van der Waals surface area (Å²) in [6.07, 6.45) is 1.74. The van der Waals surface area contributed by atoms with Crippen molar-refractivity contribution in [3.63, 3.8) is 0 Å². The standard InChI is InChI=1S/C35H38N4O6/c1-3-27(39-34(43)44-21-24-14-8-5-9-15-24)32(41)38-30(19-25-20-36-28-17-11-10-16-26(25)28)33(42)37-29(31(40)35(2)22-45-35)18-23-12-6-4-7-13-23/h4-17,20,27,29-30,36H,3,18-19,21-22H2,1-2H3,(H,37,42)(H,38,41)(H,39,43)/t27-,29+,30+,35-/m1/s1. The number of epoxide rings is 1. The van der Waals surface area contributed by atoms with Crippen molar-refractivity contribution in [1.29, 1.82) is 0 Å². The molecule has 4 aromatic rings. The Morgan fingerprint density at radius 2 is 1.40 bits per heavy atom. The number of aromatic nitrogens is 1. The lowest BCUT2D eigenvalue weighted by atomic mass is 9.94. The van der Waals surface area contributed by atoms with Crippen LogP contribution in [0.3, 0.4) is 0 Å². The van der Waals surface area contributed by atoms with Crippen molar-refractivity contribution in [3.8, 4) is 0 Å². The minimum Gasteiger partial charge on any atom is -0.445 e. The van der Waals surface area contributed by atoms with E-state index >= 15 is 0 Å². The molecule has 0 radical (unpaired) electrons. The molecule has 0 bridgehead atoms. The average molecular weight is 611 g/mol. The number of amides is 3. The first-order chi connectivity index (χ1) is 21.8. The number of rotatable bonds is 14. The summed E-state index contributed by atoms with van der Waals surface area (Å²) in [6.45, 7) is 3.79. The maximum atomic E-state index is 13.9. The van der Waals surface area contributed by atoms with E-state index in [1.165, 1.54) is 0 Å². The van der Waals surface area contributed by atoms with Gasteiger partial charge in [-0.05, 0) is 42.5 Å². The molecule has 3 amide bonds. The number of H-pyrrole nitrogens is 1. The molecule has 1 fully saturated rings. The summed E-state index contributed by atoms with van der Waals surface area (Å²) < 4.78 is 10.7. The van der Waals surface area contributed by atoms with Crippen LogP contribution in [0, 0.1) is 0 Å². The van der Waals surface area contributed by atoms with E-state index in [1.54, 1.807) is 20.0 Å². The molecule has 45 heavy (non-hydrogen) atoms. The minimum absolute atomic E-state index is 0.0514. The SMILES string of the molecule is CC[C@@H](NC(=O)OCc1ccccc1)C(=O)N[C@@H](Cc1c[nH]c2ccccc12)C(=O)N[C@@H](Cc1ccccc1)C(=O)[C@@]1(C)CO1. The molecule has 4 N–H and O–H groups in total. The number of carbonyl (C=O) groups excluding carboxylic acids is 4. The van der Waals surface area contributed by atoms with E-state index in [1.807, 2.05) is 84.9 Å². The van der Waals surface area contributed by atoms with Gasteiger partial charge in [-0.25, -0.2) is 4.79 Å². The smallest absolute Gasteiger partial charge is 0.408 e. The average Bonchev–Trinajstić information content (AvgIpc) is 3.69. The Kier molecular flexibility index (Phi) is 9.94. The monoisotopic (exact) mass is 610 g/mol. The van der Waals surface area contributed by atoms with Gasteiger partial charge in [0.2, 0.25) is 11.8 Å². The summed E-state index contributed by atoms with van der Waals surface area (Å²) in [4.78, 5) is 56.7. The maximum absolute atomic E-state index is 13.9. The molecule has 10 heteroatoms. The predicted octanol–water partition coefficient (Wildman–Crippen LogP) is 3.99. The number of alkyl carbamates (subject to hydrolysis) is 1. The summed E-state index contributed by atoms with van der Waals surface area (Å²) >= 11 is 0. The van der Waals surface area contributed by atoms with Crippen LogP contribution in [0.5, 0.6) is 0 Å². The molecule has 0 spiro atoms. The highest BCUT2D eigenvalue weighted by Crippen LogP contribution is 2.29. The minimum atomic E-state index is -1.05. The number of ether oxygens (including phenoxy) is 2. The number of nitrogens with one attached hydrogen (secondary N) is 4. The molecule has 2 heterocycles. The largest absolute Gasteiger partial charge is 0.445 e. The molecule has 234 valence electrons. The fourth-order valence-corrected chi connectivity index (χ4v) is 5.21. The molecule has 0 aliphatic carbocycles. The van der Waals surface area contributed by atoms with Gasteiger partial charge in [0.15, 0.2) is 5.78 Å². The van der Waals surface area contributed by atoms with Crippen molar-refractivity contribution < 1.29 is 28.7 Å². The molecule has 4 atom stereocenters. The molecular weight excluding hydrogens is 572 g/mol. The van der Waals surface area contributed by atoms with E-state index in [0.29, 0.717) is 0 Å². The third-order valence-corrected chi connectivity index (χ3v) is 7.98. The number of fused-ring (bicyclic) bond motifs is 1. The molecule has 0 saturated carbocycles. The van der Waals surface area contributed by atoms with Gasteiger partial charge in [0.05, 0.1) is 12.6 Å². The van der Waals surface area contributed by atoms with E-state index in [-0.39, 0.29) is 38.3 Å². The van der Waals surface area contributed by atoms with Gasteiger partial charge in [0.25, 0.3) is 0 Å². The fraction of sp³-hybridized carbons (Fsp3) is 0.314. The van der Waals surface area contributed by atoms with Gasteiger partial charge in [-0.2, -0.15) is 0 Å². The lowest BCUT2D eigenvalue weighted by Gasteiger charge is -2.25. The highest BCUT2D eigenvalue weighted by molar-refractivity contribution is 5.98.